The Morgan fingerprint density at radius 1 is 1.26 bits per heavy atom. The van der Waals surface area contributed by atoms with E-state index in [0.29, 0.717) is 11.8 Å². The summed E-state index contributed by atoms with van der Waals surface area (Å²) in [5, 5.41) is 0. The molecule has 0 spiro atoms. The lowest BCUT2D eigenvalue weighted by atomic mass is 9.98. The number of ether oxygens (including phenoxy) is 2. The van der Waals surface area contributed by atoms with Gasteiger partial charge < -0.3 is 9.47 Å². The highest BCUT2D eigenvalue weighted by Crippen LogP contribution is 2.45. The lowest BCUT2D eigenvalue weighted by Crippen LogP contribution is -2.55. The lowest BCUT2D eigenvalue weighted by Gasteiger charge is -2.35. The van der Waals surface area contributed by atoms with Crippen molar-refractivity contribution in [3.63, 3.8) is 0 Å². The van der Waals surface area contributed by atoms with E-state index in [1.54, 1.807) is 0 Å². The molecular formula is C12H9F5O2. The number of hydrogen-bond acceptors (Lipinski definition) is 2. The van der Waals surface area contributed by atoms with E-state index in [4.69, 9.17) is 4.74 Å². The molecule has 0 radical (unpaired) electrons. The topological polar surface area (TPSA) is 18.5 Å². The first-order valence-electron chi connectivity index (χ1n) is 5.21. The van der Waals surface area contributed by atoms with Crippen LogP contribution in [0.3, 0.4) is 0 Å². The van der Waals surface area contributed by atoms with Gasteiger partial charge in [-0.1, -0.05) is 6.08 Å². The van der Waals surface area contributed by atoms with Crippen LogP contribution in [0, 0.1) is 0 Å². The molecule has 2 rings (SSSR count). The summed E-state index contributed by atoms with van der Waals surface area (Å²) in [6, 6.07) is 3.91. The van der Waals surface area contributed by atoms with Gasteiger partial charge in [-0.3, -0.25) is 0 Å². The lowest BCUT2D eigenvalue weighted by molar-refractivity contribution is -0.265. The van der Waals surface area contributed by atoms with E-state index in [2.05, 4.69) is 4.74 Å². The van der Waals surface area contributed by atoms with Gasteiger partial charge in [0.05, 0.1) is 7.11 Å². The van der Waals surface area contributed by atoms with Gasteiger partial charge in [0.25, 0.3) is 12.0 Å². The molecule has 1 aromatic rings. The van der Waals surface area contributed by atoms with Crippen LogP contribution in [-0.2, 0) is 0 Å². The van der Waals surface area contributed by atoms with Gasteiger partial charge in [-0.25, -0.2) is 8.78 Å². The molecule has 7 heteroatoms. The molecule has 2 nitrogen and oxygen atoms in total. The zero-order valence-corrected chi connectivity index (χ0v) is 9.67. The molecule has 0 bridgehead atoms. The molecule has 19 heavy (non-hydrogen) atoms. The van der Waals surface area contributed by atoms with Crippen LogP contribution >= 0.6 is 0 Å². The van der Waals surface area contributed by atoms with E-state index < -0.39 is 18.2 Å². The summed E-state index contributed by atoms with van der Waals surface area (Å²) in [5.41, 5.74) is -3.35. The Kier molecular flexibility index (Phi) is 3.15. The zero-order chi connectivity index (χ0) is 14.3. The van der Waals surface area contributed by atoms with Crippen molar-refractivity contribution in [2.45, 2.75) is 18.2 Å². The third-order valence-electron chi connectivity index (χ3n) is 2.77. The van der Waals surface area contributed by atoms with Gasteiger partial charge in [0.2, 0.25) is 0 Å². The Balaban J connectivity index is 2.47. The molecule has 1 aliphatic rings. The summed E-state index contributed by atoms with van der Waals surface area (Å²) >= 11 is 0. The highest BCUT2D eigenvalue weighted by Gasteiger charge is 2.63. The summed E-state index contributed by atoms with van der Waals surface area (Å²) < 4.78 is 73.4. The maximum absolute atomic E-state index is 12.8. The number of benzene rings is 1. The van der Waals surface area contributed by atoms with Crippen LogP contribution in [-0.4, -0.2) is 25.3 Å². The van der Waals surface area contributed by atoms with Crippen molar-refractivity contribution in [2.24, 2.45) is 0 Å². The van der Waals surface area contributed by atoms with Gasteiger partial charge >= 0.3 is 6.18 Å². The molecule has 0 amide bonds. The van der Waals surface area contributed by atoms with Crippen LogP contribution in [0.2, 0.25) is 0 Å². The predicted octanol–water partition coefficient (Wildman–Crippen LogP) is 3.67. The third kappa shape index (κ3) is 2.13. The highest BCUT2D eigenvalue weighted by molar-refractivity contribution is 5.63. The second kappa shape index (κ2) is 4.40. The average molecular weight is 280 g/mol. The number of fused-ring (bicyclic) bond motifs is 1. The molecule has 0 fully saturated rings. The number of halogens is 5. The Morgan fingerprint density at radius 3 is 2.47 bits per heavy atom. The van der Waals surface area contributed by atoms with Crippen molar-refractivity contribution < 1.29 is 31.4 Å². The summed E-state index contributed by atoms with van der Waals surface area (Å²) in [7, 11) is 1.38. The summed E-state index contributed by atoms with van der Waals surface area (Å²) in [6.45, 7) is 0. The van der Waals surface area contributed by atoms with Crippen LogP contribution in [0.4, 0.5) is 22.0 Å². The van der Waals surface area contributed by atoms with Crippen molar-refractivity contribution in [3.8, 4) is 11.5 Å². The van der Waals surface area contributed by atoms with Gasteiger partial charge in [0.1, 0.15) is 11.5 Å². The van der Waals surface area contributed by atoms with E-state index in [1.807, 2.05) is 0 Å². The van der Waals surface area contributed by atoms with E-state index in [0.717, 1.165) is 6.08 Å². The maximum atomic E-state index is 12.8. The maximum Gasteiger partial charge on any atom is 0.437 e. The fourth-order valence-electron chi connectivity index (χ4n) is 1.70. The van der Waals surface area contributed by atoms with E-state index in [-0.39, 0.29) is 11.3 Å². The predicted molar refractivity (Wildman–Crippen MR) is 57.4 cm³/mol. The van der Waals surface area contributed by atoms with Crippen molar-refractivity contribution in [3.05, 3.63) is 29.8 Å². The van der Waals surface area contributed by atoms with Crippen LogP contribution in [0.5, 0.6) is 11.5 Å². The van der Waals surface area contributed by atoms with E-state index >= 15 is 0 Å². The smallest absolute Gasteiger partial charge is 0.437 e. The quantitative estimate of drug-likeness (QED) is 0.770. The molecule has 0 saturated carbocycles. The van der Waals surface area contributed by atoms with Crippen LogP contribution in [0.1, 0.15) is 5.56 Å². The van der Waals surface area contributed by atoms with E-state index in [9.17, 15) is 22.0 Å². The second-order valence-electron chi connectivity index (χ2n) is 3.93. The largest absolute Gasteiger partial charge is 0.497 e. The first-order valence-corrected chi connectivity index (χ1v) is 5.21. The van der Waals surface area contributed by atoms with Crippen molar-refractivity contribution >= 4 is 6.08 Å². The first kappa shape index (κ1) is 13.6. The number of rotatable bonds is 2. The molecule has 0 aromatic heterocycles. The Morgan fingerprint density at radius 2 is 1.95 bits per heavy atom. The van der Waals surface area contributed by atoms with Gasteiger partial charge in [-0.2, -0.15) is 13.2 Å². The minimum absolute atomic E-state index is 0.250. The number of alkyl halides is 5. The monoisotopic (exact) mass is 280 g/mol. The number of hydrogen-bond donors (Lipinski definition) is 0. The van der Waals surface area contributed by atoms with E-state index in [1.165, 1.54) is 25.3 Å². The Bertz CT molecular complexity index is 509. The summed E-state index contributed by atoms with van der Waals surface area (Å²) in [5.74, 6) is 0.129. The first-order chi connectivity index (χ1) is 8.80. The van der Waals surface area contributed by atoms with Gasteiger partial charge in [0, 0.05) is 5.56 Å². The molecule has 1 aromatic carbocycles. The van der Waals surface area contributed by atoms with Gasteiger partial charge in [-0.05, 0) is 24.3 Å². The van der Waals surface area contributed by atoms with Crippen molar-refractivity contribution in [1.82, 2.24) is 0 Å². The van der Waals surface area contributed by atoms with Crippen LogP contribution in [0.15, 0.2) is 24.3 Å². The minimum Gasteiger partial charge on any atom is -0.497 e. The molecule has 0 aliphatic carbocycles. The fraction of sp³-hybridized carbons (Fsp3) is 0.333. The molecule has 0 saturated heterocycles. The van der Waals surface area contributed by atoms with Gasteiger partial charge in [0.15, 0.2) is 0 Å². The molecule has 1 aliphatic heterocycles. The molecular weight excluding hydrogens is 271 g/mol. The van der Waals surface area contributed by atoms with Gasteiger partial charge in [-0.15, -0.1) is 0 Å². The van der Waals surface area contributed by atoms with Crippen LogP contribution in [0.25, 0.3) is 6.08 Å². The molecule has 1 atom stereocenters. The second-order valence-corrected chi connectivity index (χ2v) is 3.93. The molecule has 1 unspecified atom stereocenters. The summed E-state index contributed by atoms with van der Waals surface area (Å²) in [4.78, 5) is 0. The average Bonchev–Trinajstić information content (AvgIpc) is 2.35. The Labute approximate surface area is 105 Å². The third-order valence-corrected chi connectivity index (χ3v) is 2.77. The summed E-state index contributed by atoms with van der Waals surface area (Å²) in [6.07, 6.45) is -7.64. The van der Waals surface area contributed by atoms with Crippen molar-refractivity contribution in [1.29, 1.82) is 0 Å². The highest BCUT2D eigenvalue weighted by atomic mass is 19.4. The minimum atomic E-state index is -5.21. The zero-order valence-electron chi connectivity index (χ0n) is 9.67. The Hall–Kier alpha value is -1.79. The SMILES string of the molecule is COc1ccc2c(c1)C=CC(C(F)F)(C(F)(F)F)O2. The van der Waals surface area contributed by atoms with Crippen molar-refractivity contribution in [2.75, 3.05) is 7.11 Å². The number of methoxy groups -OCH3 is 1. The fourth-order valence-corrected chi connectivity index (χ4v) is 1.70. The molecule has 0 N–H and O–H groups in total. The molecule has 104 valence electrons. The normalized spacial score (nSPS) is 22.1. The standard InChI is InChI=1S/C12H9F5O2/c1-18-8-2-3-9-7(6-8)4-5-11(19-9,10(13)14)12(15,16)17/h2-6,10H,1H3. The molecule has 1 heterocycles. The van der Waals surface area contributed by atoms with Crippen LogP contribution < -0.4 is 9.47 Å².